The highest BCUT2D eigenvalue weighted by Crippen LogP contribution is 2.41. The third-order valence-corrected chi connectivity index (χ3v) is 5.67. The second-order valence-electron chi connectivity index (χ2n) is 6.45. The maximum Gasteiger partial charge on any atom is 0.347 e. The van der Waals surface area contributed by atoms with Crippen LogP contribution in [-0.2, 0) is 6.42 Å². The minimum atomic E-state index is -0.528. The lowest BCUT2D eigenvalue weighted by atomic mass is 10.0. The third kappa shape index (κ3) is 3.69. The summed E-state index contributed by atoms with van der Waals surface area (Å²) in [4.78, 5) is 24.2. The quantitative estimate of drug-likeness (QED) is 0.619. The number of benzene rings is 2. The Bertz CT molecular complexity index is 1160. The van der Waals surface area contributed by atoms with Gasteiger partial charge in [0.05, 0.1) is 20.3 Å². The van der Waals surface area contributed by atoms with Gasteiger partial charge in [0.25, 0.3) is 5.91 Å². The predicted molar refractivity (Wildman–Crippen MR) is 118 cm³/mol. The smallest absolute Gasteiger partial charge is 0.347 e. The Morgan fingerprint density at radius 2 is 1.93 bits per heavy atom. The van der Waals surface area contributed by atoms with E-state index in [1.165, 1.54) is 0 Å². The van der Waals surface area contributed by atoms with Crippen LogP contribution < -0.4 is 20.4 Å². The van der Waals surface area contributed by atoms with Crippen molar-refractivity contribution in [2.45, 2.75) is 6.42 Å². The SMILES string of the molecule is C=C1NC(=O)N(c2cc(Br)c(Oc3ccc4c(c3)CCNC4=O)c(Br)c2)N=C1C#N. The Hall–Kier alpha value is -3.16. The topological polar surface area (TPSA) is 107 Å². The fraction of sp³-hybridized carbons (Fsp3) is 0.100. The Morgan fingerprint density at radius 3 is 2.63 bits per heavy atom. The van der Waals surface area contributed by atoms with E-state index in [2.05, 4.69) is 54.2 Å². The van der Waals surface area contributed by atoms with Crippen molar-refractivity contribution in [3.8, 4) is 17.6 Å². The molecule has 0 atom stereocenters. The summed E-state index contributed by atoms with van der Waals surface area (Å²) in [5, 5.41) is 19.6. The zero-order valence-corrected chi connectivity index (χ0v) is 18.5. The van der Waals surface area contributed by atoms with Crippen molar-refractivity contribution in [2.75, 3.05) is 11.6 Å². The molecule has 2 aromatic rings. The molecule has 0 aliphatic carbocycles. The average Bonchev–Trinajstić information content (AvgIpc) is 2.71. The molecule has 0 unspecified atom stereocenters. The maximum atomic E-state index is 12.3. The molecule has 2 aliphatic heterocycles. The van der Waals surface area contributed by atoms with Crippen LogP contribution in [0.3, 0.4) is 0 Å². The Kier molecular flexibility index (Phi) is 5.32. The number of allylic oxidation sites excluding steroid dienone is 1. The minimum absolute atomic E-state index is 0.0141. The fourth-order valence-electron chi connectivity index (χ4n) is 3.06. The lowest BCUT2D eigenvalue weighted by molar-refractivity contribution is 0.0946. The van der Waals surface area contributed by atoms with Crippen molar-refractivity contribution in [3.63, 3.8) is 0 Å². The predicted octanol–water partition coefficient (Wildman–Crippen LogP) is 4.21. The van der Waals surface area contributed by atoms with Gasteiger partial charge in [-0.2, -0.15) is 15.4 Å². The highest BCUT2D eigenvalue weighted by molar-refractivity contribution is 9.11. The lowest BCUT2D eigenvalue weighted by Gasteiger charge is -2.24. The second kappa shape index (κ2) is 7.93. The number of nitrogens with one attached hydrogen (secondary N) is 2. The standard InChI is InChI=1S/C20H13Br2N5O3/c1-10-17(9-23)26-27(20(29)25-10)12-7-15(21)18(16(22)8-12)30-13-2-3-14-11(6-13)4-5-24-19(14)28/h2-3,6-8H,1,4-5H2,(H,24,28)(H,25,29). The molecule has 0 saturated carbocycles. The van der Waals surface area contributed by atoms with Crippen LogP contribution in [0.2, 0.25) is 0 Å². The molecule has 30 heavy (non-hydrogen) atoms. The van der Waals surface area contributed by atoms with E-state index in [9.17, 15) is 9.59 Å². The van der Waals surface area contributed by atoms with Crippen LogP contribution in [0.4, 0.5) is 10.5 Å². The molecule has 0 spiro atoms. The number of carbonyl (C=O) groups excluding carboxylic acids is 2. The van der Waals surface area contributed by atoms with E-state index < -0.39 is 6.03 Å². The van der Waals surface area contributed by atoms with Gasteiger partial charge in [-0.3, -0.25) is 4.79 Å². The number of nitriles is 1. The fourth-order valence-corrected chi connectivity index (χ4v) is 4.39. The first-order chi connectivity index (χ1) is 14.4. The summed E-state index contributed by atoms with van der Waals surface area (Å²) >= 11 is 6.92. The first kappa shape index (κ1) is 20.1. The first-order valence-electron chi connectivity index (χ1n) is 8.74. The summed E-state index contributed by atoms with van der Waals surface area (Å²) in [5.74, 6) is 0.981. The zero-order valence-electron chi connectivity index (χ0n) is 15.3. The third-order valence-electron chi connectivity index (χ3n) is 4.49. The molecular formula is C20H13Br2N5O3. The van der Waals surface area contributed by atoms with Gasteiger partial charge in [-0.05, 0) is 74.2 Å². The number of carbonyl (C=O) groups is 2. The van der Waals surface area contributed by atoms with Crippen LogP contribution in [0.5, 0.6) is 11.5 Å². The van der Waals surface area contributed by atoms with Gasteiger partial charge in [0.2, 0.25) is 0 Å². The number of ether oxygens (including phenoxy) is 1. The van der Waals surface area contributed by atoms with Gasteiger partial charge >= 0.3 is 6.03 Å². The molecule has 4 rings (SSSR count). The average molecular weight is 531 g/mol. The molecule has 0 fully saturated rings. The Labute approximate surface area is 188 Å². The molecule has 0 aromatic heterocycles. The van der Waals surface area contributed by atoms with E-state index in [-0.39, 0.29) is 17.3 Å². The van der Waals surface area contributed by atoms with Gasteiger partial charge in [-0.15, -0.1) is 0 Å². The van der Waals surface area contributed by atoms with E-state index in [1.54, 1.807) is 24.3 Å². The van der Waals surface area contributed by atoms with Crippen LogP contribution in [0.1, 0.15) is 15.9 Å². The molecule has 150 valence electrons. The van der Waals surface area contributed by atoms with Crippen molar-refractivity contribution in [1.82, 2.24) is 10.6 Å². The van der Waals surface area contributed by atoms with Crippen molar-refractivity contribution in [3.05, 3.63) is 62.7 Å². The summed E-state index contributed by atoms with van der Waals surface area (Å²) in [6.45, 7) is 4.19. The van der Waals surface area contributed by atoms with E-state index in [0.717, 1.165) is 17.0 Å². The highest BCUT2D eigenvalue weighted by Gasteiger charge is 2.26. The van der Waals surface area contributed by atoms with Gasteiger partial charge in [0, 0.05) is 12.1 Å². The van der Waals surface area contributed by atoms with E-state index in [1.807, 2.05) is 12.1 Å². The van der Waals surface area contributed by atoms with Crippen LogP contribution in [-0.4, -0.2) is 24.2 Å². The van der Waals surface area contributed by atoms with Gasteiger partial charge < -0.3 is 15.4 Å². The number of rotatable bonds is 3. The molecule has 8 nitrogen and oxygen atoms in total. The molecule has 2 aliphatic rings. The summed E-state index contributed by atoms with van der Waals surface area (Å²) in [6.07, 6.45) is 0.730. The molecule has 3 amide bonds. The van der Waals surface area contributed by atoms with E-state index in [4.69, 9.17) is 10.00 Å². The van der Waals surface area contributed by atoms with Gasteiger partial charge in [0.15, 0.2) is 11.5 Å². The number of nitrogens with zero attached hydrogens (tertiary/aromatic N) is 3. The number of anilines is 1. The Morgan fingerprint density at radius 1 is 1.20 bits per heavy atom. The summed E-state index contributed by atoms with van der Waals surface area (Å²) in [5.41, 5.74) is 2.15. The van der Waals surface area contributed by atoms with Crippen LogP contribution >= 0.6 is 31.9 Å². The van der Waals surface area contributed by atoms with Gasteiger partial charge in [-0.1, -0.05) is 6.58 Å². The van der Waals surface area contributed by atoms with Crippen molar-refractivity contribution >= 4 is 55.2 Å². The molecule has 2 aromatic carbocycles. The number of hydrogen-bond acceptors (Lipinski definition) is 5. The summed E-state index contributed by atoms with van der Waals surface area (Å²) in [7, 11) is 0. The maximum absolute atomic E-state index is 12.3. The lowest BCUT2D eigenvalue weighted by Crippen LogP contribution is -2.42. The van der Waals surface area contributed by atoms with E-state index >= 15 is 0 Å². The number of hydrazone groups is 1. The second-order valence-corrected chi connectivity index (χ2v) is 8.16. The van der Waals surface area contributed by atoms with Crippen molar-refractivity contribution in [2.24, 2.45) is 5.10 Å². The number of halogens is 2. The van der Waals surface area contributed by atoms with Crippen LogP contribution in [0.25, 0.3) is 0 Å². The number of urea groups is 1. The molecule has 10 heteroatoms. The van der Waals surface area contributed by atoms with Gasteiger partial charge in [0.1, 0.15) is 11.8 Å². The molecule has 0 radical (unpaired) electrons. The van der Waals surface area contributed by atoms with Crippen LogP contribution in [0.15, 0.2) is 56.7 Å². The molecule has 0 bridgehead atoms. The Balaban J connectivity index is 1.65. The number of hydrogen-bond donors (Lipinski definition) is 2. The molecule has 0 saturated heterocycles. The number of fused-ring (bicyclic) bond motifs is 1. The summed E-state index contributed by atoms with van der Waals surface area (Å²) < 4.78 is 7.15. The molecule has 2 heterocycles. The monoisotopic (exact) mass is 529 g/mol. The minimum Gasteiger partial charge on any atom is -0.455 e. The van der Waals surface area contributed by atoms with Crippen molar-refractivity contribution < 1.29 is 14.3 Å². The zero-order chi connectivity index (χ0) is 21.4. The molecular weight excluding hydrogens is 518 g/mol. The summed E-state index contributed by atoms with van der Waals surface area (Å²) in [6, 6.07) is 9.97. The highest BCUT2D eigenvalue weighted by atomic mass is 79.9. The first-order valence-corrected chi connectivity index (χ1v) is 10.3. The largest absolute Gasteiger partial charge is 0.455 e. The van der Waals surface area contributed by atoms with Crippen molar-refractivity contribution in [1.29, 1.82) is 5.26 Å². The van der Waals surface area contributed by atoms with E-state index in [0.29, 0.717) is 38.2 Å². The number of amides is 3. The molecule has 2 N–H and O–H groups in total. The normalized spacial score (nSPS) is 15.6. The van der Waals surface area contributed by atoms with Gasteiger partial charge in [-0.25, -0.2) is 4.79 Å². The van der Waals surface area contributed by atoms with Crippen LogP contribution in [0, 0.1) is 11.3 Å².